The molecule has 0 spiro atoms. The zero-order valence-electron chi connectivity index (χ0n) is 12.6. The molecule has 1 rings (SSSR count). The van der Waals surface area contributed by atoms with Gasteiger partial charge in [0.1, 0.15) is 5.82 Å². The van der Waals surface area contributed by atoms with E-state index >= 15 is 0 Å². The molecule has 0 aliphatic rings. The zero-order valence-corrected chi connectivity index (χ0v) is 13.4. The van der Waals surface area contributed by atoms with Crippen molar-refractivity contribution < 1.29 is 8.42 Å². The highest BCUT2D eigenvalue weighted by Gasteiger charge is 2.04. The van der Waals surface area contributed by atoms with Gasteiger partial charge in [-0.3, -0.25) is 0 Å². The summed E-state index contributed by atoms with van der Waals surface area (Å²) in [7, 11) is -3.17. The molecule has 9 nitrogen and oxygen atoms in total. The van der Waals surface area contributed by atoms with Crippen molar-refractivity contribution in [2.24, 2.45) is 0 Å². The Hall–Kier alpha value is -1.52. The van der Waals surface area contributed by atoms with Crippen LogP contribution in [0.25, 0.3) is 0 Å². The summed E-state index contributed by atoms with van der Waals surface area (Å²) in [4.78, 5) is 12.5. The normalized spacial score (nSPS) is 11.4. The van der Waals surface area contributed by atoms with Gasteiger partial charge in [-0.15, -0.1) is 0 Å². The minimum Gasteiger partial charge on any atom is -0.353 e. The number of nitrogens with zero attached hydrogens (tertiary/aromatic N) is 3. The molecule has 120 valence electrons. The molecule has 0 atom stereocenters. The van der Waals surface area contributed by atoms with Gasteiger partial charge in [0, 0.05) is 26.2 Å². The van der Waals surface area contributed by atoms with Crippen LogP contribution in [0, 0.1) is 6.92 Å². The highest BCUT2D eigenvalue weighted by atomic mass is 32.2. The van der Waals surface area contributed by atoms with E-state index in [9.17, 15) is 8.42 Å². The Labute approximate surface area is 125 Å². The first kappa shape index (κ1) is 17.5. The summed E-state index contributed by atoms with van der Waals surface area (Å²) in [6.45, 7) is 6.93. The molecule has 0 amide bonds. The number of rotatable bonds is 10. The van der Waals surface area contributed by atoms with Gasteiger partial charge in [-0.05, 0) is 13.5 Å². The molecule has 0 radical (unpaired) electrons. The Kier molecular flexibility index (Phi) is 7.26. The minimum atomic E-state index is -3.17. The Morgan fingerprint density at radius 2 is 1.52 bits per heavy atom. The van der Waals surface area contributed by atoms with Crippen LogP contribution in [0.1, 0.15) is 12.7 Å². The van der Waals surface area contributed by atoms with Gasteiger partial charge in [-0.1, -0.05) is 6.92 Å². The largest absolute Gasteiger partial charge is 0.353 e. The van der Waals surface area contributed by atoms with Crippen LogP contribution >= 0.6 is 0 Å². The van der Waals surface area contributed by atoms with Crippen LogP contribution < -0.4 is 20.7 Å². The molecular formula is C11H23N7O2S. The Morgan fingerprint density at radius 3 is 2.05 bits per heavy atom. The molecule has 0 fully saturated rings. The summed E-state index contributed by atoms with van der Waals surface area (Å²) in [5.74, 6) is 1.51. The van der Waals surface area contributed by atoms with Crippen molar-refractivity contribution in [3.63, 3.8) is 0 Å². The highest BCUT2D eigenvalue weighted by molar-refractivity contribution is 7.88. The van der Waals surface area contributed by atoms with E-state index in [0.29, 0.717) is 30.8 Å². The Bertz CT molecular complexity index is 535. The van der Waals surface area contributed by atoms with Crippen LogP contribution in [0.2, 0.25) is 0 Å². The summed E-state index contributed by atoms with van der Waals surface area (Å²) < 4.78 is 24.2. The van der Waals surface area contributed by atoms with Crippen molar-refractivity contribution in [1.82, 2.24) is 25.0 Å². The SMILES string of the molecule is CCNCCNc1nc(C)nc(NCCNS(C)(=O)=O)n1. The maximum Gasteiger partial charge on any atom is 0.227 e. The lowest BCUT2D eigenvalue weighted by Gasteiger charge is -2.09. The van der Waals surface area contributed by atoms with Gasteiger partial charge in [0.2, 0.25) is 21.9 Å². The van der Waals surface area contributed by atoms with Crippen molar-refractivity contribution in [2.75, 3.05) is 49.6 Å². The van der Waals surface area contributed by atoms with E-state index in [1.54, 1.807) is 6.92 Å². The van der Waals surface area contributed by atoms with Gasteiger partial charge >= 0.3 is 0 Å². The summed E-state index contributed by atoms with van der Waals surface area (Å²) in [6.07, 6.45) is 1.12. The first-order valence-electron chi connectivity index (χ1n) is 6.76. The summed E-state index contributed by atoms with van der Waals surface area (Å²) in [5, 5.41) is 9.24. The number of aromatic nitrogens is 3. The zero-order chi connectivity index (χ0) is 15.7. The fourth-order valence-corrected chi connectivity index (χ4v) is 1.96. The number of hydrogen-bond donors (Lipinski definition) is 4. The number of sulfonamides is 1. The second kappa shape index (κ2) is 8.70. The van der Waals surface area contributed by atoms with Gasteiger partial charge in [0.15, 0.2) is 0 Å². The van der Waals surface area contributed by atoms with Crippen LogP contribution in [-0.2, 0) is 10.0 Å². The molecule has 0 aliphatic carbocycles. The van der Waals surface area contributed by atoms with Crippen molar-refractivity contribution >= 4 is 21.9 Å². The van der Waals surface area contributed by atoms with E-state index in [2.05, 4.69) is 35.6 Å². The molecule has 21 heavy (non-hydrogen) atoms. The van der Waals surface area contributed by atoms with Gasteiger partial charge in [0.25, 0.3) is 0 Å². The fourth-order valence-electron chi connectivity index (χ4n) is 1.49. The molecule has 1 aromatic rings. The van der Waals surface area contributed by atoms with E-state index in [1.807, 2.05) is 6.92 Å². The smallest absolute Gasteiger partial charge is 0.227 e. The van der Waals surface area contributed by atoms with Crippen molar-refractivity contribution in [3.05, 3.63) is 5.82 Å². The predicted molar refractivity (Wildman–Crippen MR) is 82.9 cm³/mol. The average molecular weight is 317 g/mol. The second-order valence-corrected chi connectivity index (χ2v) is 6.24. The molecule has 0 aromatic carbocycles. The third-order valence-electron chi connectivity index (χ3n) is 2.35. The number of likely N-dealkylation sites (N-methyl/N-ethyl adjacent to an activating group) is 1. The third-order valence-corrected chi connectivity index (χ3v) is 3.08. The number of anilines is 2. The second-order valence-electron chi connectivity index (χ2n) is 4.40. The van der Waals surface area contributed by atoms with Crippen LogP contribution in [0.3, 0.4) is 0 Å². The number of aryl methyl sites for hydroxylation is 1. The minimum absolute atomic E-state index is 0.271. The topological polar surface area (TPSA) is 121 Å². The summed E-state index contributed by atoms with van der Waals surface area (Å²) in [6, 6.07) is 0. The van der Waals surface area contributed by atoms with E-state index in [1.165, 1.54) is 0 Å². The monoisotopic (exact) mass is 317 g/mol. The number of hydrogen-bond acceptors (Lipinski definition) is 8. The number of nitrogens with one attached hydrogen (secondary N) is 4. The first-order chi connectivity index (χ1) is 9.90. The van der Waals surface area contributed by atoms with Crippen LogP contribution in [0.15, 0.2) is 0 Å². The predicted octanol–water partition coefficient (Wildman–Crippen LogP) is -0.837. The molecule has 0 saturated heterocycles. The Balaban J connectivity index is 2.45. The van der Waals surface area contributed by atoms with E-state index in [-0.39, 0.29) is 6.54 Å². The van der Waals surface area contributed by atoms with E-state index in [4.69, 9.17) is 0 Å². The van der Waals surface area contributed by atoms with Crippen molar-refractivity contribution in [3.8, 4) is 0 Å². The Morgan fingerprint density at radius 1 is 0.952 bits per heavy atom. The first-order valence-corrected chi connectivity index (χ1v) is 8.65. The van der Waals surface area contributed by atoms with Crippen LogP contribution in [0.4, 0.5) is 11.9 Å². The standard InChI is InChI=1S/C11H23N7O2S/c1-4-12-5-6-13-10-16-9(2)17-11(18-10)14-7-8-15-21(3,19)20/h12,15H,4-8H2,1-3H3,(H2,13,14,16,17,18). The van der Waals surface area contributed by atoms with Crippen molar-refractivity contribution in [1.29, 1.82) is 0 Å². The van der Waals surface area contributed by atoms with Gasteiger partial charge in [0.05, 0.1) is 6.26 Å². The molecule has 1 heterocycles. The van der Waals surface area contributed by atoms with Gasteiger partial charge < -0.3 is 16.0 Å². The van der Waals surface area contributed by atoms with Gasteiger partial charge in [-0.2, -0.15) is 15.0 Å². The molecular weight excluding hydrogens is 294 g/mol. The molecule has 1 aromatic heterocycles. The molecule has 0 unspecified atom stereocenters. The summed E-state index contributed by atoms with van der Waals surface area (Å²) >= 11 is 0. The van der Waals surface area contributed by atoms with E-state index < -0.39 is 10.0 Å². The maximum absolute atomic E-state index is 10.9. The highest BCUT2D eigenvalue weighted by Crippen LogP contribution is 2.04. The van der Waals surface area contributed by atoms with Crippen molar-refractivity contribution in [2.45, 2.75) is 13.8 Å². The third kappa shape index (κ3) is 8.38. The van der Waals surface area contributed by atoms with Crippen LogP contribution in [0.5, 0.6) is 0 Å². The summed E-state index contributed by atoms with van der Waals surface area (Å²) in [5.41, 5.74) is 0. The lowest BCUT2D eigenvalue weighted by Crippen LogP contribution is -2.28. The molecule has 0 saturated carbocycles. The molecule has 10 heteroatoms. The lowest BCUT2D eigenvalue weighted by atomic mass is 10.6. The maximum atomic E-state index is 10.9. The average Bonchev–Trinajstić information content (AvgIpc) is 2.38. The molecule has 4 N–H and O–H groups in total. The van der Waals surface area contributed by atoms with Crippen LogP contribution in [-0.4, -0.2) is 62.3 Å². The fraction of sp³-hybridized carbons (Fsp3) is 0.727. The van der Waals surface area contributed by atoms with Gasteiger partial charge in [-0.25, -0.2) is 13.1 Å². The molecule has 0 bridgehead atoms. The quantitative estimate of drug-likeness (QED) is 0.412. The lowest BCUT2D eigenvalue weighted by molar-refractivity contribution is 0.589. The van der Waals surface area contributed by atoms with E-state index in [0.717, 1.165) is 19.3 Å². The molecule has 0 aliphatic heterocycles.